The summed E-state index contributed by atoms with van der Waals surface area (Å²) < 4.78 is 68.2. The Bertz CT molecular complexity index is 358. The van der Waals surface area contributed by atoms with E-state index < -0.39 is 32.7 Å². The van der Waals surface area contributed by atoms with Crippen LogP contribution in [0.5, 0.6) is 0 Å². The second kappa shape index (κ2) is 12.8. The van der Waals surface area contributed by atoms with Crippen LogP contribution in [0.2, 0.25) is 0 Å². The van der Waals surface area contributed by atoms with Gasteiger partial charge in [0.05, 0.1) is 0 Å². The van der Waals surface area contributed by atoms with Crippen molar-refractivity contribution in [2.75, 3.05) is 0 Å². The minimum absolute atomic E-state index is 0. The van der Waals surface area contributed by atoms with Crippen molar-refractivity contribution in [2.45, 2.75) is 0 Å². The van der Waals surface area contributed by atoms with Gasteiger partial charge in [0.1, 0.15) is 0 Å². The summed E-state index contributed by atoms with van der Waals surface area (Å²) in [6.45, 7) is 0. The molecule has 0 spiro atoms. The molecule has 0 aliphatic rings. The summed E-state index contributed by atoms with van der Waals surface area (Å²) >= 11 is 0. The molecule has 106 valence electrons. The molecule has 0 rings (SSSR count). The third-order valence-electron chi connectivity index (χ3n) is 0.183. The van der Waals surface area contributed by atoms with Crippen LogP contribution in [-0.4, -0.2) is 62.7 Å². The first-order valence-electron chi connectivity index (χ1n) is 2.44. The van der Waals surface area contributed by atoms with Crippen molar-refractivity contribution in [2.24, 2.45) is 0 Å². The average molecular weight is 348 g/mol. The van der Waals surface area contributed by atoms with Gasteiger partial charge in [0, 0.05) is 20.8 Å². The minimum Gasteiger partial charge on any atom is -0.759 e. The molecule has 0 aliphatic heterocycles. The molecule has 18 heavy (non-hydrogen) atoms. The summed E-state index contributed by atoms with van der Waals surface area (Å²) in [6, 6.07) is 0. The van der Waals surface area contributed by atoms with Crippen molar-refractivity contribution in [3.63, 3.8) is 0 Å². The van der Waals surface area contributed by atoms with E-state index in [4.69, 9.17) is 54.8 Å². The van der Waals surface area contributed by atoms with E-state index in [0.717, 1.165) is 0 Å². The molecule has 0 saturated carbocycles. The summed E-state index contributed by atoms with van der Waals surface area (Å²) in [7, 11) is -10.3. The van der Waals surface area contributed by atoms with Gasteiger partial charge in [-0.25, -0.2) is 9.59 Å². The van der Waals surface area contributed by atoms with Crippen LogP contribution in [0.15, 0.2) is 0 Å². The van der Waals surface area contributed by atoms with Crippen LogP contribution in [0.1, 0.15) is 0 Å². The molecule has 0 aliphatic carbocycles. The maximum atomic E-state index is 9.10. The normalized spacial score (nSPS) is 8.89. The molecule has 0 radical (unpaired) electrons. The van der Waals surface area contributed by atoms with Crippen molar-refractivity contribution in [3.8, 4) is 0 Å². The number of rotatable bonds is 0. The molecule has 0 bridgehead atoms. The predicted molar refractivity (Wildman–Crippen MR) is 39.8 cm³/mol. The predicted octanol–water partition coefficient (Wildman–Crippen LogP) is -4.35. The average Bonchev–Trinajstić information content (AvgIpc) is 1.77. The molecule has 0 fully saturated rings. The van der Waals surface area contributed by atoms with Crippen molar-refractivity contribution < 1.29 is 82.0 Å². The van der Waals surface area contributed by atoms with E-state index in [1.54, 1.807) is 0 Å². The molecule has 0 heterocycles. The Hall–Kier alpha value is -0.646. The van der Waals surface area contributed by atoms with Gasteiger partial charge in [-0.05, 0) is 0 Å². The van der Waals surface area contributed by atoms with E-state index in [1.807, 2.05) is 0 Å². The number of carboxylic acid groups (broad SMARTS) is 2. The number of hydrogen-bond donors (Lipinski definition) is 2. The minimum atomic E-state index is -5.17. The Balaban J connectivity index is -0.0000000447. The van der Waals surface area contributed by atoms with Crippen LogP contribution in [0.4, 0.5) is 0 Å². The topological polar surface area (TPSA) is 267 Å². The van der Waals surface area contributed by atoms with Crippen molar-refractivity contribution in [1.82, 2.24) is 0 Å². The molecule has 16 heteroatoms. The smallest absolute Gasteiger partial charge is 0.759 e. The van der Waals surface area contributed by atoms with E-state index in [2.05, 4.69) is 0 Å². The molecule has 0 atom stereocenters. The van der Waals surface area contributed by atoms with Gasteiger partial charge in [0.15, 0.2) is 0 Å². The van der Waals surface area contributed by atoms with Crippen molar-refractivity contribution in [1.29, 1.82) is 0 Å². The van der Waals surface area contributed by atoms with E-state index in [9.17, 15) is 0 Å². The van der Waals surface area contributed by atoms with Crippen LogP contribution in [0, 0.1) is 0 Å². The van der Waals surface area contributed by atoms with Gasteiger partial charge < -0.3 is 33.9 Å². The second-order valence-corrected chi connectivity index (χ2v) is 3.06. The fraction of sp³-hybridized carbons (Fsp3) is 0. The largest absolute Gasteiger partial charge is 4.00 e. The van der Waals surface area contributed by atoms with Gasteiger partial charge in [0.25, 0.3) is 0 Å². The summed E-state index contributed by atoms with van der Waals surface area (Å²) in [5.74, 6) is -3.65. The molecule has 0 unspecified atom stereocenters. The molecule has 0 aromatic heterocycles. The van der Waals surface area contributed by atoms with Gasteiger partial charge in [-0.1, -0.05) is 0 Å². The van der Waals surface area contributed by atoms with E-state index >= 15 is 0 Å². The fourth-order valence-corrected chi connectivity index (χ4v) is 0. The summed E-state index contributed by atoms with van der Waals surface area (Å²) in [4.78, 5) is 18.2. The Labute approximate surface area is 115 Å². The number of carboxylic acids is 2. The summed E-state index contributed by atoms with van der Waals surface area (Å²) in [5.41, 5.74) is 0. The Kier molecular flexibility index (Phi) is 21.6. The van der Waals surface area contributed by atoms with Gasteiger partial charge in [-0.2, -0.15) is 0 Å². The monoisotopic (exact) mass is 348 g/mol. The standard InChI is InChI=1S/C2H2O4.2H2O4S.H2O.Ti/c3-1(4)2(5)6;2*1-5(2,3)4;;/h(H,3,4)(H,5,6);2*(H2,1,2,3,4);1H2;/q;;;;+4/p-4. The third kappa shape index (κ3) is 281. The summed E-state index contributed by atoms with van der Waals surface area (Å²) in [6.07, 6.45) is 0. The maximum Gasteiger partial charge on any atom is 4.00 e. The molecule has 0 aromatic rings. The third-order valence-corrected chi connectivity index (χ3v) is 0.183. The first-order chi connectivity index (χ1) is 6.64. The van der Waals surface area contributed by atoms with Crippen molar-refractivity contribution >= 4 is 32.7 Å². The Morgan fingerprint density at radius 2 is 0.778 bits per heavy atom. The van der Waals surface area contributed by atoms with Crippen LogP contribution in [0.25, 0.3) is 0 Å². The Morgan fingerprint density at radius 1 is 0.722 bits per heavy atom. The molecule has 0 aromatic carbocycles. The summed E-state index contributed by atoms with van der Waals surface area (Å²) in [5, 5.41) is 14.8. The SMILES string of the molecule is O.O=C(O)C(=O)O.O=S(=O)([O-])[O-].O=S(=O)([O-])[O-].[Ti+4]. The quantitative estimate of drug-likeness (QED) is 0.182. The second-order valence-electron chi connectivity index (χ2n) is 1.43. The van der Waals surface area contributed by atoms with E-state index in [0.29, 0.717) is 0 Å². The zero-order valence-electron chi connectivity index (χ0n) is 7.79. The van der Waals surface area contributed by atoms with E-state index in [-0.39, 0.29) is 27.2 Å². The molecule has 0 saturated heterocycles. The fourth-order valence-electron chi connectivity index (χ4n) is 0. The zero-order valence-corrected chi connectivity index (χ0v) is 11.0. The number of hydrogen-bond acceptors (Lipinski definition) is 10. The molecule has 13 nitrogen and oxygen atoms in total. The Morgan fingerprint density at radius 3 is 0.778 bits per heavy atom. The van der Waals surface area contributed by atoms with Crippen LogP contribution in [-0.2, 0) is 52.1 Å². The van der Waals surface area contributed by atoms with Gasteiger partial charge >= 0.3 is 33.7 Å². The van der Waals surface area contributed by atoms with Gasteiger partial charge in [-0.3, -0.25) is 16.8 Å². The molecule has 0 amide bonds. The number of carbonyl (C=O) groups is 2. The van der Waals surface area contributed by atoms with Crippen molar-refractivity contribution in [3.05, 3.63) is 0 Å². The van der Waals surface area contributed by atoms with Gasteiger partial charge in [0.2, 0.25) is 0 Å². The molecular weight excluding hydrogens is 344 g/mol. The first kappa shape index (κ1) is 30.4. The van der Waals surface area contributed by atoms with E-state index in [1.165, 1.54) is 0 Å². The van der Waals surface area contributed by atoms with Gasteiger partial charge in [-0.15, -0.1) is 0 Å². The molecular formula is C2H4O13S2Ti. The van der Waals surface area contributed by atoms with Crippen LogP contribution < -0.4 is 0 Å². The molecule has 4 N–H and O–H groups in total. The van der Waals surface area contributed by atoms with Crippen LogP contribution >= 0.6 is 0 Å². The maximum absolute atomic E-state index is 9.10. The van der Waals surface area contributed by atoms with Crippen LogP contribution in [0.3, 0.4) is 0 Å². The number of aliphatic carboxylic acids is 2. The zero-order chi connectivity index (χ0) is 14.2. The first-order valence-corrected chi connectivity index (χ1v) is 5.11.